The Kier molecular flexibility index (Phi) is 4.78. The second-order valence-corrected chi connectivity index (χ2v) is 6.06. The molecule has 0 radical (unpaired) electrons. The molecule has 0 aliphatic heterocycles. The smallest absolute Gasteiger partial charge is 0.327 e. The number of likely N-dealkylation sites (N-methyl/N-ethyl adjacent to an activating group) is 1. The molecule has 0 saturated heterocycles. The minimum absolute atomic E-state index is 0.0476. The van der Waals surface area contributed by atoms with E-state index in [1.54, 1.807) is 0 Å². The van der Waals surface area contributed by atoms with E-state index in [1.165, 1.54) is 0 Å². The van der Waals surface area contributed by atoms with Crippen molar-refractivity contribution in [2.24, 2.45) is 11.7 Å². The van der Waals surface area contributed by atoms with Crippen molar-refractivity contribution < 1.29 is 9.53 Å². The molecular formula is C14H28N2O2. The zero-order chi connectivity index (χ0) is 14.0. The Morgan fingerprint density at radius 3 is 2.33 bits per heavy atom. The monoisotopic (exact) mass is 256 g/mol. The Hall–Kier alpha value is -0.610. The summed E-state index contributed by atoms with van der Waals surface area (Å²) in [7, 11) is 2.03. The molecule has 0 amide bonds. The van der Waals surface area contributed by atoms with E-state index in [-0.39, 0.29) is 17.4 Å². The molecule has 0 aromatic rings. The minimum Gasteiger partial charge on any atom is -0.465 e. The molecule has 1 unspecified atom stereocenters. The Bertz CT molecular complexity index is 300. The lowest BCUT2D eigenvalue weighted by Crippen LogP contribution is -2.61. The van der Waals surface area contributed by atoms with Crippen LogP contribution in [0.1, 0.15) is 47.0 Å². The van der Waals surface area contributed by atoms with Crippen molar-refractivity contribution in [3.05, 3.63) is 0 Å². The normalized spacial score (nSPS) is 19.7. The molecule has 1 fully saturated rings. The van der Waals surface area contributed by atoms with Gasteiger partial charge in [-0.3, -0.25) is 4.90 Å². The van der Waals surface area contributed by atoms with Crippen LogP contribution in [0.3, 0.4) is 0 Å². The van der Waals surface area contributed by atoms with E-state index in [9.17, 15) is 4.79 Å². The number of hydrogen-bond acceptors (Lipinski definition) is 4. The molecular weight excluding hydrogens is 228 g/mol. The number of carbonyl (C=O) groups excluding carboxylic acids is 1. The third kappa shape index (κ3) is 3.23. The van der Waals surface area contributed by atoms with E-state index in [2.05, 4.69) is 25.7 Å². The fourth-order valence-electron chi connectivity index (χ4n) is 2.10. The van der Waals surface area contributed by atoms with Gasteiger partial charge in [-0.2, -0.15) is 0 Å². The molecule has 0 spiro atoms. The van der Waals surface area contributed by atoms with Crippen LogP contribution in [0.5, 0.6) is 0 Å². The van der Waals surface area contributed by atoms with Crippen LogP contribution >= 0.6 is 0 Å². The highest BCUT2D eigenvalue weighted by molar-refractivity contribution is 5.82. The van der Waals surface area contributed by atoms with Crippen molar-refractivity contribution in [2.45, 2.75) is 58.0 Å². The van der Waals surface area contributed by atoms with E-state index >= 15 is 0 Å². The van der Waals surface area contributed by atoms with E-state index in [0.717, 1.165) is 19.3 Å². The van der Waals surface area contributed by atoms with Gasteiger partial charge in [-0.1, -0.05) is 6.92 Å². The van der Waals surface area contributed by atoms with Crippen molar-refractivity contribution in [1.82, 2.24) is 4.90 Å². The summed E-state index contributed by atoms with van der Waals surface area (Å²) in [6, 6.07) is 0. The van der Waals surface area contributed by atoms with Gasteiger partial charge in [0.15, 0.2) is 0 Å². The van der Waals surface area contributed by atoms with Crippen molar-refractivity contribution in [3.63, 3.8) is 0 Å². The van der Waals surface area contributed by atoms with Gasteiger partial charge in [-0.05, 0) is 53.0 Å². The van der Waals surface area contributed by atoms with Crippen LogP contribution in [0.4, 0.5) is 0 Å². The molecule has 0 aromatic heterocycles. The van der Waals surface area contributed by atoms with Crippen LogP contribution in [0, 0.1) is 5.92 Å². The number of ether oxygens (including phenoxy) is 1. The average molecular weight is 256 g/mol. The quantitative estimate of drug-likeness (QED) is 0.705. The molecule has 0 aromatic carbocycles. The van der Waals surface area contributed by atoms with E-state index in [1.807, 2.05) is 14.0 Å². The van der Waals surface area contributed by atoms with Crippen molar-refractivity contribution in [3.8, 4) is 0 Å². The predicted octanol–water partition coefficient (Wildman–Crippen LogP) is 1.78. The molecule has 4 nitrogen and oxygen atoms in total. The lowest BCUT2D eigenvalue weighted by atomic mass is 9.90. The fraction of sp³-hybridized carbons (Fsp3) is 0.929. The minimum atomic E-state index is -0.836. The zero-order valence-electron chi connectivity index (χ0n) is 12.5. The number of esters is 1. The van der Waals surface area contributed by atoms with Gasteiger partial charge in [-0.15, -0.1) is 0 Å². The maximum Gasteiger partial charge on any atom is 0.327 e. The van der Waals surface area contributed by atoms with Gasteiger partial charge >= 0.3 is 5.97 Å². The Balaban J connectivity index is 2.77. The molecule has 0 bridgehead atoms. The van der Waals surface area contributed by atoms with Gasteiger partial charge in [0.1, 0.15) is 5.54 Å². The van der Waals surface area contributed by atoms with Gasteiger partial charge in [0.05, 0.1) is 6.61 Å². The first kappa shape index (κ1) is 15.4. The maximum absolute atomic E-state index is 12.1. The molecule has 4 heteroatoms. The molecule has 1 saturated carbocycles. The highest BCUT2D eigenvalue weighted by Gasteiger charge is 2.50. The van der Waals surface area contributed by atoms with Crippen LogP contribution in [-0.2, 0) is 9.53 Å². The van der Waals surface area contributed by atoms with Crippen molar-refractivity contribution in [1.29, 1.82) is 0 Å². The van der Waals surface area contributed by atoms with Crippen LogP contribution < -0.4 is 5.73 Å². The fourth-order valence-corrected chi connectivity index (χ4v) is 2.10. The third-order valence-corrected chi connectivity index (χ3v) is 4.36. The Morgan fingerprint density at radius 1 is 1.39 bits per heavy atom. The molecule has 1 rings (SSSR count). The second kappa shape index (κ2) is 5.57. The third-order valence-electron chi connectivity index (χ3n) is 4.36. The van der Waals surface area contributed by atoms with Crippen molar-refractivity contribution >= 4 is 5.97 Å². The summed E-state index contributed by atoms with van der Waals surface area (Å²) in [5.74, 6) is 0.0397. The second-order valence-electron chi connectivity index (χ2n) is 6.06. The van der Waals surface area contributed by atoms with Crippen LogP contribution in [0.2, 0.25) is 0 Å². The van der Waals surface area contributed by atoms with E-state index < -0.39 is 5.54 Å². The predicted molar refractivity (Wildman–Crippen MR) is 73.3 cm³/mol. The molecule has 2 N–H and O–H groups in total. The molecule has 106 valence electrons. The van der Waals surface area contributed by atoms with Gasteiger partial charge < -0.3 is 10.5 Å². The highest BCUT2D eigenvalue weighted by atomic mass is 16.5. The summed E-state index contributed by atoms with van der Waals surface area (Å²) in [5, 5.41) is 0. The zero-order valence-corrected chi connectivity index (χ0v) is 12.5. The van der Waals surface area contributed by atoms with Crippen LogP contribution in [0.15, 0.2) is 0 Å². The summed E-state index contributed by atoms with van der Waals surface area (Å²) in [4.78, 5) is 14.3. The first-order chi connectivity index (χ1) is 8.28. The summed E-state index contributed by atoms with van der Waals surface area (Å²) < 4.78 is 5.16. The first-order valence-corrected chi connectivity index (χ1v) is 6.95. The van der Waals surface area contributed by atoms with Gasteiger partial charge in [0, 0.05) is 12.1 Å². The maximum atomic E-state index is 12.1. The molecule has 18 heavy (non-hydrogen) atoms. The number of carbonyl (C=O) groups is 1. The largest absolute Gasteiger partial charge is 0.465 e. The number of rotatable bonds is 7. The van der Waals surface area contributed by atoms with Gasteiger partial charge in [0.2, 0.25) is 0 Å². The molecule has 1 atom stereocenters. The Labute approximate surface area is 111 Å². The van der Waals surface area contributed by atoms with E-state index in [4.69, 9.17) is 10.5 Å². The summed E-state index contributed by atoms with van der Waals surface area (Å²) in [5.41, 5.74) is 5.58. The summed E-state index contributed by atoms with van der Waals surface area (Å²) in [6.07, 6.45) is 3.10. The summed E-state index contributed by atoms with van der Waals surface area (Å²) >= 11 is 0. The summed E-state index contributed by atoms with van der Waals surface area (Å²) in [6.45, 7) is 9.28. The number of hydrogen-bond donors (Lipinski definition) is 1. The van der Waals surface area contributed by atoms with Gasteiger partial charge in [0.25, 0.3) is 0 Å². The SMILES string of the molecule is CCOC(=O)C(N)(CN(C)C(C)(C)CC)C1CC1. The lowest BCUT2D eigenvalue weighted by molar-refractivity contribution is -0.152. The molecule has 1 aliphatic carbocycles. The van der Waals surface area contributed by atoms with Crippen molar-refractivity contribution in [2.75, 3.05) is 20.2 Å². The first-order valence-electron chi connectivity index (χ1n) is 6.95. The lowest BCUT2D eigenvalue weighted by Gasteiger charge is -2.40. The standard InChI is InChI=1S/C14H28N2O2/c1-6-13(3,4)16(5)10-14(15,11-8-9-11)12(17)18-7-2/h11H,6-10,15H2,1-5H3. The average Bonchev–Trinajstić information content (AvgIpc) is 3.13. The van der Waals surface area contributed by atoms with E-state index in [0.29, 0.717) is 13.2 Å². The highest BCUT2D eigenvalue weighted by Crippen LogP contribution is 2.40. The Morgan fingerprint density at radius 2 is 1.94 bits per heavy atom. The number of nitrogens with zero attached hydrogens (tertiary/aromatic N) is 1. The number of nitrogens with two attached hydrogens (primary N) is 1. The molecule has 0 heterocycles. The van der Waals surface area contributed by atoms with Crippen LogP contribution in [0.25, 0.3) is 0 Å². The van der Waals surface area contributed by atoms with Crippen LogP contribution in [-0.4, -0.2) is 42.1 Å². The van der Waals surface area contributed by atoms with Gasteiger partial charge in [-0.25, -0.2) is 4.79 Å². The molecule has 1 aliphatic rings. The topological polar surface area (TPSA) is 55.6 Å².